The summed E-state index contributed by atoms with van der Waals surface area (Å²) in [5, 5.41) is 2.57. The summed E-state index contributed by atoms with van der Waals surface area (Å²) in [6.45, 7) is 3.39. The third-order valence-corrected chi connectivity index (χ3v) is 5.91. The minimum absolute atomic E-state index is 0. The van der Waals surface area contributed by atoms with Crippen LogP contribution in [0, 0.1) is 0 Å². The van der Waals surface area contributed by atoms with E-state index in [9.17, 15) is 8.42 Å². The summed E-state index contributed by atoms with van der Waals surface area (Å²) in [5.41, 5.74) is 0.489. The molecule has 0 spiro atoms. The number of aromatic nitrogens is 2. The third kappa shape index (κ3) is 3.66. The Hall–Kier alpha value is -0.760. The van der Waals surface area contributed by atoms with E-state index in [0.29, 0.717) is 5.69 Å². The van der Waals surface area contributed by atoms with E-state index in [4.69, 9.17) is 0 Å². The fraction of sp³-hybridized carbons (Fsp3) is 0.667. The van der Waals surface area contributed by atoms with Gasteiger partial charge in [-0.25, -0.2) is 12.7 Å². The van der Waals surface area contributed by atoms with Crippen molar-refractivity contribution in [2.45, 2.75) is 31.1 Å². The lowest BCUT2D eigenvalue weighted by molar-refractivity contribution is 0.294. The van der Waals surface area contributed by atoms with Crippen molar-refractivity contribution in [3.63, 3.8) is 0 Å². The minimum atomic E-state index is -3.39. The lowest BCUT2D eigenvalue weighted by Crippen LogP contribution is -2.45. The molecule has 0 bridgehead atoms. The van der Waals surface area contributed by atoms with Gasteiger partial charge in [0.1, 0.15) is 5.25 Å². The first-order valence-electron chi connectivity index (χ1n) is 6.47. The van der Waals surface area contributed by atoms with Crippen LogP contribution in [0.1, 0.15) is 30.7 Å². The predicted molar refractivity (Wildman–Crippen MR) is 80.3 cm³/mol. The van der Waals surface area contributed by atoms with Crippen LogP contribution in [-0.2, 0) is 10.0 Å². The zero-order valence-electron chi connectivity index (χ0n) is 11.7. The molecule has 1 aliphatic heterocycles. The van der Waals surface area contributed by atoms with Crippen LogP contribution in [0.4, 0.5) is 0 Å². The summed E-state index contributed by atoms with van der Waals surface area (Å²) in [6, 6.07) is 0.0744. The summed E-state index contributed by atoms with van der Waals surface area (Å²) in [4.78, 5) is 8.03. The third-order valence-electron chi connectivity index (χ3n) is 3.67. The second kappa shape index (κ2) is 7.31. The molecule has 0 radical (unpaired) electrons. The van der Waals surface area contributed by atoms with Crippen molar-refractivity contribution in [1.82, 2.24) is 19.6 Å². The maximum absolute atomic E-state index is 12.6. The molecule has 114 valence electrons. The van der Waals surface area contributed by atoms with Gasteiger partial charge < -0.3 is 5.32 Å². The monoisotopic (exact) mass is 320 g/mol. The van der Waals surface area contributed by atoms with Crippen LogP contribution >= 0.6 is 12.4 Å². The molecule has 0 amide bonds. The molecule has 0 aliphatic carbocycles. The van der Waals surface area contributed by atoms with Gasteiger partial charge in [0.05, 0.1) is 5.69 Å². The van der Waals surface area contributed by atoms with E-state index in [1.807, 2.05) is 0 Å². The summed E-state index contributed by atoms with van der Waals surface area (Å²) in [6.07, 6.45) is 6.27. The van der Waals surface area contributed by atoms with Crippen molar-refractivity contribution < 1.29 is 8.42 Å². The SMILES string of the molecule is CC(c1cnccn1)S(=O)(=O)N(C)C1CCNCC1.Cl. The highest BCUT2D eigenvalue weighted by atomic mass is 35.5. The van der Waals surface area contributed by atoms with Crippen molar-refractivity contribution in [2.75, 3.05) is 20.1 Å². The maximum atomic E-state index is 12.6. The lowest BCUT2D eigenvalue weighted by atomic mass is 10.1. The second-order valence-electron chi connectivity index (χ2n) is 4.81. The molecule has 1 atom stereocenters. The van der Waals surface area contributed by atoms with Crippen molar-refractivity contribution in [2.24, 2.45) is 0 Å². The molecule has 6 nitrogen and oxygen atoms in total. The van der Waals surface area contributed by atoms with Crippen LogP contribution < -0.4 is 5.32 Å². The van der Waals surface area contributed by atoms with E-state index in [-0.39, 0.29) is 18.4 Å². The van der Waals surface area contributed by atoms with Crippen molar-refractivity contribution in [3.8, 4) is 0 Å². The first-order chi connectivity index (χ1) is 9.03. The Kier molecular flexibility index (Phi) is 6.32. The predicted octanol–water partition coefficient (Wildman–Crippen LogP) is 0.973. The summed E-state index contributed by atoms with van der Waals surface area (Å²) >= 11 is 0. The van der Waals surface area contributed by atoms with E-state index in [1.165, 1.54) is 16.7 Å². The van der Waals surface area contributed by atoms with E-state index >= 15 is 0 Å². The van der Waals surface area contributed by atoms with Gasteiger partial charge in [-0.05, 0) is 32.9 Å². The molecular weight excluding hydrogens is 300 g/mol. The zero-order chi connectivity index (χ0) is 13.9. The van der Waals surface area contributed by atoms with Gasteiger partial charge in [0.2, 0.25) is 10.0 Å². The smallest absolute Gasteiger partial charge is 0.222 e. The highest BCUT2D eigenvalue weighted by Gasteiger charge is 2.33. The van der Waals surface area contributed by atoms with Gasteiger partial charge in [0.15, 0.2) is 0 Å². The molecule has 0 aromatic carbocycles. The van der Waals surface area contributed by atoms with Gasteiger partial charge in [-0.3, -0.25) is 9.97 Å². The first-order valence-corrected chi connectivity index (χ1v) is 7.97. The maximum Gasteiger partial charge on any atom is 0.222 e. The molecule has 1 N–H and O–H groups in total. The van der Waals surface area contributed by atoms with Crippen molar-refractivity contribution >= 4 is 22.4 Å². The van der Waals surface area contributed by atoms with Gasteiger partial charge in [-0.1, -0.05) is 0 Å². The van der Waals surface area contributed by atoms with Gasteiger partial charge in [0.25, 0.3) is 0 Å². The molecule has 0 saturated carbocycles. The molecular formula is C12H21ClN4O2S. The van der Waals surface area contributed by atoms with Crippen LogP contribution in [0.5, 0.6) is 0 Å². The Morgan fingerprint density at radius 3 is 2.55 bits per heavy atom. The molecule has 1 fully saturated rings. The fourth-order valence-electron chi connectivity index (χ4n) is 2.30. The summed E-state index contributed by atoms with van der Waals surface area (Å²) < 4.78 is 26.6. The number of rotatable bonds is 4. The van der Waals surface area contributed by atoms with E-state index < -0.39 is 15.3 Å². The van der Waals surface area contributed by atoms with Gasteiger partial charge >= 0.3 is 0 Å². The number of nitrogens with one attached hydrogen (secondary N) is 1. The Labute approximate surface area is 126 Å². The number of piperidine rings is 1. The highest BCUT2D eigenvalue weighted by molar-refractivity contribution is 7.89. The lowest BCUT2D eigenvalue weighted by Gasteiger charge is -2.32. The van der Waals surface area contributed by atoms with Crippen LogP contribution in [0.25, 0.3) is 0 Å². The fourth-order valence-corrected chi connectivity index (χ4v) is 3.85. The van der Waals surface area contributed by atoms with Crippen LogP contribution in [0.3, 0.4) is 0 Å². The van der Waals surface area contributed by atoms with Gasteiger partial charge in [0, 0.05) is 31.7 Å². The number of halogens is 1. The number of hydrogen-bond acceptors (Lipinski definition) is 5. The molecule has 1 saturated heterocycles. The Balaban J connectivity index is 0.00000200. The van der Waals surface area contributed by atoms with Crippen molar-refractivity contribution in [1.29, 1.82) is 0 Å². The zero-order valence-corrected chi connectivity index (χ0v) is 13.3. The highest BCUT2D eigenvalue weighted by Crippen LogP contribution is 2.25. The molecule has 1 aliphatic rings. The van der Waals surface area contributed by atoms with E-state index in [2.05, 4.69) is 15.3 Å². The Bertz CT molecular complexity index is 505. The van der Waals surface area contributed by atoms with E-state index in [0.717, 1.165) is 25.9 Å². The molecule has 2 rings (SSSR count). The first kappa shape index (κ1) is 17.3. The van der Waals surface area contributed by atoms with E-state index in [1.54, 1.807) is 20.2 Å². The second-order valence-corrected chi connectivity index (χ2v) is 7.13. The summed E-state index contributed by atoms with van der Waals surface area (Å²) in [7, 11) is -1.72. The standard InChI is InChI=1S/C12H20N4O2S.ClH/c1-10(12-9-14-7-8-15-12)19(17,18)16(2)11-3-5-13-6-4-11;/h7-11,13H,3-6H2,1-2H3;1H. The minimum Gasteiger partial charge on any atom is -0.317 e. The summed E-state index contributed by atoms with van der Waals surface area (Å²) in [5.74, 6) is 0. The van der Waals surface area contributed by atoms with Gasteiger partial charge in [-0.2, -0.15) is 0 Å². The van der Waals surface area contributed by atoms with Crippen molar-refractivity contribution in [3.05, 3.63) is 24.3 Å². The molecule has 8 heteroatoms. The Morgan fingerprint density at radius 2 is 2.00 bits per heavy atom. The van der Waals surface area contributed by atoms with Crippen LogP contribution in [0.15, 0.2) is 18.6 Å². The average molecular weight is 321 g/mol. The Morgan fingerprint density at radius 1 is 1.35 bits per heavy atom. The topological polar surface area (TPSA) is 75.2 Å². The van der Waals surface area contributed by atoms with Crippen LogP contribution in [0.2, 0.25) is 0 Å². The van der Waals surface area contributed by atoms with Gasteiger partial charge in [-0.15, -0.1) is 12.4 Å². The largest absolute Gasteiger partial charge is 0.317 e. The number of sulfonamides is 1. The number of nitrogens with zero attached hydrogens (tertiary/aromatic N) is 3. The number of hydrogen-bond donors (Lipinski definition) is 1. The molecule has 1 aromatic heterocycles. The average Bonchev–Trinajstić information content (AvgIpc) is 2.47. The molecule has 20 heavy (non-hydrogen) atoms. The molecule has 2 heterocycles. The quantitative estimate of drug-likeness (QED) is 0.895. The molecule has 1 aromatic rings. The normalized spacial score (nSPS) is 18.6. The molecule has 1 unspecified atom stereocenters. The van der Waals surface area contributed by atoms with Crippen LogP contribution in [-0.4, -0.2) is 48.9 Å².